The summed E-state index contributed by atoms with van der Waals surface area (Å²) in [5.74, 6) is -0.0740. The Balaban J connectivity index is 1.60. The van der Waals surface area contributed by atoms with E-state index in [0.29, 0.717) is 11.1 Å². The van der Waals surface area contributed by atoms with Gasteiger partial charge in [-0.15, -0.1) is 0 Å². The molecular formula is C24H30N4O2. The monoisotopic (exact) mass is 406 g/mol. The summed E-state index contributed by atoms with van der Waals surface area (Å²) in [6, 6.07) is 13.2. The molecule has 1 fully saturated rings. The van der Waals surface area contributed by atoms with Crippen molar-refractivity contribution < 1.29 is 9.59 Å². The second-order valence-corrected chi connectivity index (χ2v) is 8.24. The van der Waals surface area contributed by atoms with Crippen LogP contribution in [0.4, 0.5) is 17.1 Å². The minimum atomic E-state index is -0.165. The topological polar surface area (TPSA) is 55.9 Å². The summed E-state index contributed by atoms with van der Waals surface area (Å²) in [6.45, 7) is 3.73. The number of nitrogens with one attached hydrogen (secondary N) is 1. The zero-order valence-corrected chi connectivity index (χ0v) is 18.0. The van der Waals surface area contributed by atoms with Gasteiger partial charge in [0, 0.05) is 44.1 Å². The van der Waals surface area contributed by atoms with Gasteiger partial charge in [0.05, 0.1) is 11.3 Å². The molecule has 2 aromatic carbocycles. The van der Waals surface area contributed by atoms with Crippen molar-refractivity contribution in [1.29, 1.82) is 0 Å². The summed E-state index contributed by atoms with van der Waals surface area (Å²) in [5, 5.41) is 2.97. The third kappa shape index (κ3) is 3.74. The maximum absolute atomic E-state index is 13.1. The number of rotatable bonds is 4. The summed E-state index contributed by atoms with van der Waals surface area (Å²) < 4.78 is 0. The maximum Gasteiger partial charge on any atom is 0.257 e. The first kappa shape index (κ1) is 20.3. The number of nitrogens with zero attached hydrogens (tertiary/aromatic N) is 3. The fraction of sp³-hybridized carbons (Fsp3) is 0.417. The van der Waals surface area contributed by atoms with Gasteiger partial charge in [-0.1, -0.05) is 6.42 Å². The summed E-state index contributed by atoms with van der Waals surface area (Å²) in [7, 11) is 3.97. The molecule has 1 N–H and O–H groups in total. The number of hydrogen-bond donors (Lipinski definition) is 1. The second kappa shape index (κ2) is 8.38. The molecule has 2 aliphatic rings. The Morgan fingerprint density at radius 2 is 1.87 bits per heavy atom. The van der Waals surface area contributed by atoms with Crippen LogP contribution in [0.5, 0.6) is 0 Å². The lowest BCUT2D eigenvalue weighted by molar-refractivity contribution is 0.0656. The van der Waals surface area contributed by atoms with Gasteiger partial charge < -0.3 is 20.0 Å². The molecule has 0 spiro atoms. The van der Waals surface area contributed by atoms with Gasteiger partial charge in [-0.2, -0.15) is 0 Å². The lowest BCUT2D eigenvalue weighted by atomic mass is 10.0. The van der Waals surface area contributed by atoms with E-state index in [-0.39, 0.29) is 18.0 Å². The summed E-state index contributed by atoms with van der Waals surface area (Å²) >= 11 is 0. The van der Waals surface area contributed by atoms with Crippen LogP contribution in [0.2, 0.25) is 0 Å². The molecule has 1 atom stereocenters. The predicted molar refractivity (Wildman–Crippen MR) is 121 cm³/mol. The highest BCUT2D eigenvalue weighted by Crippen LogP contribution is 2.35. The Kier molecular flexibility index (Phi) is 5.66. The van der Waals surface area contributed by atoms with Crippen molar-refractivity contribution >= 4 is 28.9 Å². The molecule has 0 aromatic heterocycles. The Morgan fingerprint density at radius 3 is 2.57 bits per heavy atom. The van der Waals surface area contributed by atoms with Crippen molar-refractivity contribution in [3.8, 4) is 0 Å². The van der Waals surface area contributed by atoms with Gasteiger partial charge in [0.1, 0.15) is 6.17 Å². The van der Waals surface area contributed by atoms with Gasteiger partial charge in [-0.3, -0.25) is 9.59 Å². The van der Waals surface area contributed by atoms with Crippen molar-refractivity contribution in [3.63, 3.8) is 0 Å². The van der Waals surface area contributed by atoms with E-state index in [0.717, 1.165) is 55.8 Å². The highest BCUT2D eigenvalue weighted by atomic mass is 16.2. The minimum absolute atomic E-state index is 0.0906. The van der Waals surface area contributed by atoms with Crippen molar-refractivity contribution in [2.75, 3.05) is 42.3 Å². The van der Waals surface area contributed by atoms with Crippen LogP contribution >= 0.6 is 0 Å². The Labute approximate surface area is 178 Å². The molecule has 158 valence electrons. The average Bonchev–Trinajstić information content (AvgIpc) is 3.00. The summed E-state index contributed by atoms with van der Waals surface area (Å²) in [4.78, 5) is 32.3. The number of fused-ring (bicyclic) bond motifs is 2. The molecule has 2 aliphatic heterocycles. The van der Waals surface area contributed by atoms with Crippen molar-refractivity contribution in [2.45, 2.75) is 38.8 Å². The van der Waals surface area contributed by atoms with E-state index in [1.807, 2.05) is 60.3 Å². The fourth-order valence-corrected chi connectivity index (χ4v) is 4.49. The number of carbonyl (C=O) groups excluding carboxylic acids is 2. The minimum Gasteiger partial charge on any atom is -0.378 e. The molecule has 2 aromatic rings. The summed E-state index contributed by atoms with van der Waals surface area (Å²) in [6.07, 6.45) is 4.42. The summed E-state index contributed by atoms with van der Waals surface area (Å²) in [5.41, 5.74) is 3.97. The lowest BCUT2D eigenvalue weighted by Gasteiger charge is -2.44. The van der Waals surface area contributed by atoms with Gasteiger partial charge in [0.25, 0.3) is 11.8 Å². The zero-order chi connectivity index (χ0) is 21.3. The molecule has 1 unspecified atom stereocenters. The van der Waals surface area contributed by atoms with Gasteiger partial charge in [-0.05, 0) is 68.7 Å². The van der Waals surface area contributed by atoms with Gasteiger partial charge >= 0.3 is 0 Å². The first-order valence-corrected chi connectivity index (χ1v) is 10.8. The third-order valence-electron chi connectivity index (χ3n) is 6.12. The predicted octanol–water partition coefficient (Wildman–Crippen LogP) is 4.19. The van der Waals surface area contributed by atoms with Gasteiger partial charge in [-0.25, -0.2) is 0 Å². The van der Waals surface area contributed by atoms with Crippen molar-refractivity contribution in [1.82, 2.24) is 4.90 Å². The molecule has 0 bridgehead atoms. The third-order valence-corrected chi connectivity index (χ3v) is 6.12. The van der Waals surface area contributed by atoms with E-state index in [1.165, 1.54) is 0 Å². The van der Waals surface area contributed by atoms with Crippen LogP contribution in [0.15, 0.2) is 42.5 Å². The van der Waals surface area contributed by atoms with Crippen molar-refractivity contribution in [3.05, 3.63) is 53.6 Å². The number of carbonyl (C=O) groups is 2. The molecule has 6 nitrogen and oxygen atoms in total. The van der Waals surface area contributed by atoms with Crippen LogP contribution in [0.3, 0.4) is 0 Å². The Morgan fingerprint density at radius 1 is 1.10 bits per heavy atom. The van der Waals surface area contributed by atoms with E-state index in [4.69, 9.17) is 0 Å². The SMILES string of the molecule is CCN1c2cc(C(=O)Nc3ccc(N(C)C)cc3)ccc2C(=O)N2CCCCCC21. The van der Waals surface area contributed by atoms with Crippen molar-refractivity contribution in [2.24, 2.45) is 0 Å². The zero-order valence-electron chi connectivity index (χ0n) is 18.0. The molecule has 2 amide bonds. The molecule has 0 radical (unpaired) electrons. The van der Waals surface area contributed by atoms with Crippen LogP contribution in [-0.2, 0) is 0 Å². The second-order valence-electron chi connectivity index (χ2n) is 8.24. The number of hydrogen-bond acceptors (Lipinski definition) is 4. The van der Waals surface area contributed by atoms with E-state index >= 15 is 0 Å². The molecule has 1 saturated heterocycles. The number of benzene rings is 2. The standard InChI is InChI=1S/C24H30N4O2/c1-4-27-21-16-17(23(29)25-18-10-12-19(13-11-18)26(2)3)9-14-20(21)24(30)28-15-7-5-6-8-22(27)28/h9-14,16,22H,4-8,15H2,1-3H3,(H,25,29). The number of amides is 2. The van der Waals surface area contributed by atoms with E-state index < -0.39 is 0 Å². The smallest absolute Gasteiger partial charge is 0.257 e. The van der Waals surface area contributed by atoms with Crippen LogP contribution in [0, 0.1) is 0 Å². The molecule has 30 heavy (non-hydrogen) atoms. The molecule has 6 heteroatoms. The van der Waals surface area contributed by atoms with Gasteiger partial charge in [0.15, 0.2) is 0 Å². The highest BCUT2D eigenvalue weighted by molar-refractivity contribution is 6.08. The Hall–Kier alpha value is -3.02. The van der Waals surface area contributed by atoms with Gasteiger partial charge in [0.2, 0.25) is 0 Å². The average molecular weight is 407 g/mol. The lowest BCUT2D eigenvalue weighted by Crippen LogP contribution is -2.55. The quantitative estimate of drug-likeness (QED) is 0.827. The highest BCUT2D eigenvalue weighted by Gasteiger charge is 2.37. The molecule has 4 rings (SSSR count). The maximum atomic E-state index is 13.1. The van der Waals surface area contributed by atoms with Crippen LogP contribution in [0.1, 0.15) is 53.3 Å². The van der Waals surface area contributed by atoms with Crippen LogP contribution in [-0.4, -0.2) is 50.1 Å². The van der Waals surface area contributed by atoms with E-state index in [1.54, 1.807) is 6.07 Å². The first-order chi connectivity index (χ1) is 14.5. The number of anilines is 3. The molecule has 2 heterocycles. The van der Waals surface area contributed by atoms with E-state index in [9.17, 15) is 9.59 Å². The molecule has 0 aliphatic carbocycles. The Bertz CT molecular complexity index is 939. The molecule has 0 saturated carbocycles. The fourth-order valence-electron chi connectivity index (χ4n) is 4.49. The normalized spacial score (nSPS) is 18.4. The molecular weight excluding hydrogens is 376 g/mol. The van der Waals surface area contributed by atoms with Crippen LogP contribution < -0.4 is 15.1 Å². The largest absolute Gasteiger partial charge is 0.378 e. The van der Waals surface area contributed by atoms with E-state index in [2.05, 4.69) is 17.1 Å². The first-order valence-electron chi connectivity index (χ1n) is 10.8. The van der Waals surface area contributed by atoms with Crippen LogP contribution in [0.25, 0.3) is 0 Å².